The molecule has 0 aromatic heterocycles. The second-order valence-electron chi connectivity index (χ2n) is 7.17. The zero-order valence-corrected chi connectivity index (χ0v) is 14.5. The standard InChI is InChI=1S/C18H36N2O/c1-4-11-19-17(16-10-9-14-21-15-16)18(3,5-2)20-12-7-6-8-13-20/h16-17,19H,4-15H2,1-3H3. The van der Waals surface area contributed by atoms with E-state index in [1.54, 1.807) is 0 Å². The summed E-state index contributed by atoms with van der Waals surface area (Å²) in [4.78, 5) is 2.78. The van der Waals surface area contributed by atoms with Gasteiger partial charge in [0.15, 0.2) is 0 Å². The van der Waals surface area contributed by atoms with Crippen LogP contribution in [0, 0.1) is 5.92 Å². The van der Waals surface area contributed by atoms with Crippen LogP contribution in [0.5, 0.6) is 0 Å². The fourth-order valence-electron chi connectivity index (χ4n) is 4.27. The maximum Gasteiger partial charge on any atom is 0.0509 e. The third kappa shape index (κ3) is 4.20. The number of nitrogens with one attached hydrogen (secondary N) is 1. The molecule has 3 atom stereocenters. The smallest absolute Gasteiger partial charge is 0.0509 e. The van der Waals surface area contributed by atoms with Crippen molar-refractivity contribution >= 4 is 0 Å². The number of hydrogen-bond acceptors (Lipinski definition) is 3. The molecule has 0 aliphatic carbocycles. The highest BCUT2D eigenvalue weighted by atomic mass is 16.5. The molecule has 2 aliphatic rings. The molecular formula is C18H36N2O. The van der Waals surface area contributed by atoms with E-state index < -0.39 is 0 Å². The minimum Gasteiger partial charge on any atom is -0.381 e. The van der Waals surface area contributed by atoms with Crippen LogP contribution >= 0.6 is 0 Å². The van der Waals surface area contributed by atoms with E-state index in [4.69, 9.17) is 4.74 Å². The van der Waals surface area contributed by atoms with Gasteiger partial charge in [0.05, 0.1) is 6.61 Å². The number of hydrogen-bond donors (Lipinski definition) is 1. The van der Waals surface area contributed by atoms with Crippen molar-refractivity contribution in [1.29, 1.82) is 0 Å². The van der Waals surface area contributed by atoms with Gasteiger partial charge in [-0.25, -0.2) is 0 Å². The first-order valence-electron chi connectivity index (χ1n) is 9.28. The van der Waals surface area contributed by atoms with Crippen LogP contribution in [0.4, 0.5) is 0 Å². The van der Waals surface area contributed by atoms with Crippen molar-refractivity contribution < 1.29 is 4.74 Å². The van der Waals surface area contributed by atoms with Crippen LogP contribution in [-0.2, 0) is 4.74 Å². The molecule has 0 radical (unpaired) electrons. The third-order valence-electron chi connectivity index (χ3n) is 5.75. The zero-order chi connectivity index (χ0) is 15.1. The van der Waals surface area contributed by atoms with Crippen LogP contribution in [0.3, 0.4) is 0 Å². The Morgan fingerprint density at radius 3 is 2.52 bits per heavy atom. The largest absolute Gasteiger partial charge is 0.381 e. The highest BCUT2D eigenvalue weighted by Crippen LogP contribution is 2.33. The molecule has 0 aromatic rings. The highest BCUT2D eigenvalue weighted by molar-refractivity contribution is 5.00. The van der Waals surface area contributed by atoms with Crippen LogP contribution in [0.2, 0.25) is 0 Å². The van der Waals surface area contributed by atoms with Crippen LogP contribution < -0.4 is 5.32 Å². The molecule has 124 valence electrons. The van der Waals surface area contributed by atoms with Crippen LogP contribution in [-0.4, -0.2) is 49.3 Å². The topological polar surface area (TPSA) is 24.5 Å². The fourth-order valence-corrected chi connectivity index (χ4v) is 4.27. The third-order valence-corrected chi connectivity index (χ3v) is 5.75. The van der Waals surface area contributed by atoms with Gasteiger partial charge >= 0.3 is 0 Å². The Morgan fingerprint density at radius 2 is 1.95 bits per heavy atom. The second-order valence-corrected chi connectivity index (χ2v) is 7.17. The summed E-state index contributed by atoms with van der Waals surface area (Å²) in [6.45, 7) is 12.7. The van der Waals surface area contributed by atoms with Gasteiger partial charge in [-0.3, -0.25) is 4.90 Å². The predicted octanol–water partition coefficient (Wildman–Crippen LogP) is 3.44. The minimum atomic E-state index is 0.279. The minimum absolute atomic E-state index is 0.279. The van der Waals surface area contributed by atoms with E-state index in [1.807, 2.05) is 0 Å². The Bertz CT molecular complexity index is 285. The van der Waals surface area contributed by atoms with E-state index in [2.05, 4.69) is 31.0 Å². The molecule has 1 N–H and O–H groups in total. The van der Waals surface area contributed by atoms with E-state index in [9.17, 15) is 0 Å². The maximum atomic E-state index is 5.81. The Labute approximate surface area is 131 Å². The van der Waals surface area contributed by atoms with Gasteiger partial charge in [0, 0.05) is 18.2 Å². The quantitative estimate of drug-likeness (QED) is 0.779. The first kappa shape index (κ1) is 17.2. The van der Waals surface area contributed by atoms with Crippen molar-refractivity contribution in [1.82, 2.24) is 10.2 Å². The average Bonchev–Trinajstić information content (AvgIpc) is 2.56. The molecule has 2 fully saturated rings. The van der Waals surface area contributed by atoms with Gasteiger partial charge in [-0.1, -0.05) is 20.3 Å². The first-order valence-corrected chi connectivity index (χ1v) is 9.28. The molecule has 3 heteroatoms. The lowest BCUT2D eigenvalue weighted by Crippen LogP contribution is -2.64. The summed E-state index contributed by atoms with van der Waals surface area (Å²) in [5.41, 5.74) is 0.279. The van der Waals surface area contributed by atoms with Gasteiger partial charge in [-0.15, -0.1) is 0 Å². The van der Waals surface area contributed by atoms with E-state index in [0.717, 1.165) is 19.8 Å². The van der Waals surface area contributed by atoms with Crippen molar-refractivity contribution in [2.75, 3.05) is 32.8 Å². The van der Waals surface area contributed by atoms with E-state index >= 15 is 0 Å². The molecule has 0 saturated carbocycles. The molecule has 21 heavy (non-hydrogen) atoms. The molecule has 2 rings (SSSR count). The molecule has 0 bridgehead atoms. The van der Waals surface area contributed by atoms with Crippen molar-refractivity contribution in [3.63, 3.8) is 0 Å². The lowest BCUT2D eigenvalue weighted by molar-refractivity contribution is -0.0229. The van der Waals surface area contributed by atoms with Crippen molar-refractivity contribution in [3.8, 4) is 0 Å². The summed E-state index contributed by atoms with van der Waals surface area (Å²) in [5.74, 6) is 0.678. The van der Waals surface area contributed by atoms with Crippen LogP contribution in [0.1, 0.15) is 65.7 Å². The number of rotatable bonds is 7. The van der Waals surface area contributed by atoms with Gasteiger partial charge in [-0.2, -0.15) is 0 Å². The molecule has 2 aliphatic heterocycles. The first-order chi connectivity index (χ1) is 10.2. The number of likely N-dealkylation sites (tertiary alicyclic amines) is 1. The van der Waals surface area contributed by atoms with Gasteiger partial charge < -0.3 is 10.1 Å². The Hall–Kier alpha value is -0.120. The molecular weight excluding hydrogens is 260 g/mol. The van der Waals surface area contributed by atoms with Crippen LogP contribution in [0.25, 0.3) is 0 Å². The molecule has 3 nitrogen and oxygen atoms in total. The summed E-state index contributed by atoms with van der Waals surface area (Å²) in [6, 6.07) is 0.570. The van der Waals surface area contributed by atoms with Gasteiger partial charge in [-0.05, 0) is 71.0 Å². The number of nitrogens with zero attached hydrogens (tertiary/aromatic N) is 1. The van der Waals surface area contributed by atoms with Gasteiger partial charge in [0.25, 0.3) is 0 Å². The van der Waals surface area contributed by atoms with Gasteiger partial charge in [0.2, 0.25) is 0 Å². The fraction of sp³-hybridized carbons (Fsp3) is 1.00. The van der Waals surface area contributed by atoms with Gasteiger partial charge in [0.1, 0.15) is 0 Å². The van der Waals surface area contributed by atoms with E-state index in [1.165, 1.54) is 58.0 Å². The summed E-state index contributed by atoms with van der Waals surface area (Å²) in [6.07, 6.45) is 9.15. The Morgan fingerprint density at radius 1 is 1.19 bits per heavy atom. The molecule has 0 amide bonds. The molecule has 2 heterocycles. The average molecular weight is 296 g/mol. The van der Waals surface area contributed by atoms with Crippen molar-refractivity contribution in [2.45, 2.75) is 77.3 Å². The Kier molecular flexibility index (Phi) is 6.97. The van der Waals surface area contributed by atoms with Crippen molar-refractivity contribution in [3.05, 3.63) is 0 Å². The lowest BCUT2D eigenvalue weighted by atomic mass is 9.76. The summed E-state index contributed by atoms with van der Waals surface area (Å²) < 4.78 is 5.81. The SMILES string of the molecule is CCCNC(C1CCCOC1)C(C)(CC)N1CCCCC1. The molecule has 0 spiro atoms. The van der Waals surface area contributed by atoms with E-state index in [0.29, 0.717) is 12.0 Å². The highest BCUT2D eigenvalue weighted by Gasteiger charge is 2.42. The molecule has 3 unspecified atom stereocenters. The second kappa shape index (κ2) is 8.50. The van der Waals surface area contributed by atoms with Crippen LogP contribution in [0.15, 0.2) is 0 Å². The summed E-state index contributed by atoms with van der Waals surface area (Å²) >= 11 is 0. The molecule has 0 aromatic carbocycles. The summed E-state index contributed by atoms with van der Waals surface area (Å²) in [5, 5.41) is 3.91. The van der Waals surface area contributed by atoms with Crippen molar-refractivity contribution in [2.24, 2.45) is 5.92 Å². The predicted molar refractivity (Wildman–Crippen MR) is 89.7 cm³/mol. The normalized spacial score (nSPS) is 29.0. The zero-order valence-electron chi connectivity index (χ0n) is 14.5. The Balaban J connectivity index is 2.13. The number of piperidine rings is 1. The lowest BCUT2D eigenvalue weighted by Gasteiger charge is -2.51. The van der Waals surface area contributed by atoms with E-state index in [-0.39, 0.29) is 5.54 Å². The monoisotopic (exact) mass is 296 g/mol. The molecule has 2 saturated heterocycles. The maximum absolute atomic E-state index is 5.81. The number of ether oxygens (including phenoxy) is 1. The summed E-state index contributed by atoms with van der Waals surface area (Å²) in [7, 11) is 0.